The molecule has 2 aromatic heterocycles. The highest BCUT2D eigenvalue weighted by molar-refractivity contribution is 5.94. The summed E-state index contributed by atoms with van der Waals surface area (Å²) >= 11 is 0. The first-order chi connectivity index (χ1) is 12.0. The summed E-state index contributed by atoms with van der Waals surface area (Å²) in [4.78, 5) is 29.9. The van der Waals surface area contributed by atoms with Crippen LogP contribution in [-0.2, 0) is 0 Å². The fourth-order valence-electron chi connectivity index (χ4n) is 3.08. The number of anilines is 1. The Balaban J connectivity index is 1.88. The summed E-state index contributed by atoms with van der Waals surface area (Å²) in [6.45, 7) is 2.60. The smallest absolute Gasteiger partial charge is 0.255 e. The molecular weight excluding hydrogens is 318 g/mol. The van der Waals surface area contributed by atoms with E-state index < -0.39 is 0 Å². The van der Waals surface area contributed by atoms with Crippen LogP contribution in [-0.4, -0.2) is 53.5 Å². The third-order valence-electron chi connectivity index (χ3n) is 4.35. The predicted molar refractivity (Wildman–Crippen MR) is 94.9 cm³/mol. The summed E-state index contributed by atoms with van der Waals surface area (Å²) in [5, 5.41) is 0. The molecule has 7 heteroatoms. The molecule has 1 aliphatic heterocycles. The molecule has 1 saturated heterocycles. The second-order valence-corrected chi connectivity index (χ2v) is 6.34. The number of nitrogens with zero attached hydrogens (tertiary/aromatic N) is 5. The van der Waals surface area contributed by atoms with Crippen LogP contribution in [0.15, 0.2) is 24.4 Å². The molecule has 3 rings (SSSR count). The van der Waals surface area contributed by atoms with Gasteiger partial charge in [-0.05, 0) is 25.8 Å². The number of hydrogen-bond acceptors (Lipinski definition) is 6. The van der Waals surface area contributed by atoms with Gasteiger partial charge >= 0.3 is 0 Å². The van der Waals surface area contributed by atoms with Crippen LogP contribution in [0.1, 0.15) is 40.8 Å². The molecule has 132 valence electrons. The van der Waals surface area contributed by atoms with Crippen molar-refractivity contribution in [3.05, 3.63) is 41.5 Å². The van der Waals surface area contributed by atoms with E-state index >= 15 is 0 Å². The maximum atomic E-state index is 12.9. The lowest BCUT2D eigenvalue weighted by Gasteiger charge is -2.25. The number of aromatic nitrogens is 3. The van der Waals surface area contributed by atoms with E-state index in [2.05, 4.69) is 15.0 Å². The first-order valence-corrected chi connectivity index (χ1v) is 8.33. The van der Waals surface area contributed by atoms with E-state index in [0.29, 0.717) is 17.3 Å². The van der Waals surface area contributed by atoms with Crippen molar-refractivity contribution in [2.75, 3.05) is 32.6 Å². The summed E-state index contributed by atoms with van der Waals surface area (Å²) in [6, 6.07) is 5.39. The number of amides is 1. The molecule has 1 amide bonds. The maximum Gasteiger partial charge on any atom is 0.255 e. The number of pyridine rings is 1. The highest BCUT2D eigenvalue weighted by Crippen LogP contribution is 2.33. The zero-order chi connectivity index (χ0) is 18.0. The van der Waals surface area contributed by atoms with Gasteiger partial charge in [0.2, 0.25) is 5.88 Å². The Kier molecular flexibility index (Phi) is 4.83. The summed E-state index contributed by atoms with van der Waals surface area (Å²) in [6.07, 6.45) is 3.42. The number of likely N-dealkylation sites (tertiary alicyclic amines) is 1. The second kappa shape index (κ2) is 7.04. The molecule has 2 aromatic rings. The van der Waals surface area contributed by atoms with Gasteiger partial charge in [0.15, 0.2) is 0 Å². The van der Waals surface area contributed by atoms with E-state index in [-0.39, 0.29) is 11.9 Å². The van der Waals surface area contributed by atoms with Gasteiger partial charge in [-0.25, -0.2) is 15.0 Å². The molecule has 0 saturated carbocycles. The second-order valence-electron chi connectivity index (χ2n) is 6.34. The number of carbonyl (C=O) groups excluding carboxylic acids is 1. The monoisotopic (exact) mass is 341 g/mol. The minimum atomic E-state index is -0.0324. The van der Waals surface area contributed by atoms with Gasteiger partial charge in [-0.15, -0.1) is 0 Å². The first-order valence-electron chi connectivity index (χ1n) is 8.33. The number of methoxy groups -OCH3 is 1. The van der Waals surface area contributed by atoms with Gasteiger partial charge in [-0.3, -0.25) is 4.79 Å². The lowest BCUT2D eigenvalue weighted by molar-refractivity contribution is 0.0732. The molecule has 1 atom stereocenters. The standard InChI is InChI=1S/C18H23N5O2/c1-12-20-14(10-16(21-12)22(2)3)15-6-5-9-23(15)18(24)13-7-8-17(25-4)19-11-13/h7-8,10-11,15H,5-6,9H2,1-4H3/t15-/m1/s1. The molecule has 3 heterocycles. The van der Waals surface area contributed by atoms with Crippen molar-refractivity contribution >= 4 is 11.7 Å². The Labute approximate surface area is 147 Å². The van der Waals surface area contributed by atoms with Crippen LogP contribution in [0.25, 0.3) is 0 Å². The molecule has 1 fully saturated rings. The molecule has 0 N–H and O–H groups in total. The Bertz CT molecular complexity index is 761. The molecule has 0 radical (unpaired) electrons. The zero-order valence-electron chi connectivity index (χ0n) is 15.1. The number of carbonyl (C=O) groups is 1. The van der Waals surface area contributed by atoms with Crippen molar-refractivity contribution in [3.8, 4) is 5.88 Å². The SMILES string of the molecule is COc1ccc(C(=O)N2CCC[C@@H]2c2cc(N(C)C)nc(C)n2)cn1. The van der Waals surface area contributed by atoms with Crippen molar-refractivity contribution in [3.63, 3.8) is 0 Å². The molecule has 0 aliphatic carbocycles. The third kappa shape index (κ3) is 3.55. The van der Waals surface area contributed by atoms with Gasteiger partial charge in [0.25, 0.3) is 5.91 Å². The molecule has 0 spiro atoms. The summed E-state index contributed by atoms with van der Waals surface area (Å²) in [5.74, 6) is 2.04. The normalized spacial score (nSPS) is 16.8. The molecule has 0 bridgehead atoms. The lowest BCUT2D eigenvalue weighted by Crippen LogP contribution is -2.31. The third-order valence-corrected chi connectivity index (χ3v) is 4.35. The van der Waals surface area contributed by atoms with Crippen molar-refractivity contribution in [2.24, 2.45) is 0 Å². The lowest BCUT2D eigenvalue weighted by atomic mass is 10.1. The minimum Gasteiger partial charge on any atom is -0.481 e. The predicted octanol–water partition coefficient (Wildman–Crippen LogP) is 2.23. The van der Waals surface area contributed by atoms with Gasteiger partial charge in [-0.1, -0.05) is 0 Å². The average molecular weight is 341 g/mol. The van der Waals surface area contributed by atoms with Crippen LogP contribution in [0.3, 0.4) is 0 Å². The van der Waals surface area contributed by atoms with Crippen LogP contribution < -0.4 is 9.64 Å². The topological polar surface area (TPSA) is 71.5 Å². The van der Waals surface area contributed by atoms with Crippen LogP contribution in [0.4, 0.5) is 5.82 Å². The van der Waals surface area contributed by atoms with Gasteiger partial charge in [0, 0.05) is 39.0 Å². The molecule has 0 unspecified atom stereocenters. The number of hydrogen-bond donors (Lipinski definition) is 0. The van der Waals surface area contributed by atoms with Crippen LogP contribution in [0, 0.1) is 6.92 Å². The quantitative estimate of drug-likeness (QED) is 0.849. The molecule has 0 aromatic carbocycles. The highest BCUT2D eigenvalue weighted by Gasteiger charge is 2.32. The Morgan fingerprint density at radius 3 is 2.76 bits per heavy atom. The molecule has 25 heavy (non-hydrogen) atoms. The Hall–Kier alpha value is -2.70. The summed E-state index contributed by atoms with van der Waals surface area (Å²) in [7, 11) is 5.46. The van der Waals surface area contributed by atoms with Gasteiger partial charge in [0.1, 0.15) is 11.6 Å². The van der Waals surface area contributed by atoms with Crippen molar-refractivity contribution in [2.45, 2.75) is 25.8 Å². The fraction of sp³-hybridized carbons (Fsp3) is 0.444. The van der Waals surface area contributed by atoms with E-state index in [1.807, 2.05) is 36.9 Å². The maximum absolute atomic E-state index is 12.9. The zero-order valence-corrected chi connectivity index (χ0v) is 15.1. The highest BCUT2D eigenvalue weighted by atomic mass is 16.5. The van der Waals surface area contributed by atoms with Gasteiger partial charge < -0.3 is 14.5 Å². The largest absolute Gasteiger partial charge is 0.481 e. The summed E-state index contributed by atoms with van der Waals surface area (Å²) in [5.41, 5.74) is 1.45. The number of aryl methyl sites for hydroxylation is 1. The van der Waals surface area contributed by atoms with Gasteiger partial charge in [0.05, 0.1) is 24.4 Å². The molecule has 1 aliphatic rings. The van der Waals surface area contributed by atoms with Crippen molar-refractivity contribution in [1.82, 2.24) is 19.9 Å². The van der Waals surface area contributed by atoms with E-state index in [9.17, 15) is 4.79 Å². The minimum absolute atomic E-state index is 0.0275. The van der Waals surface area contributed by atoms with Crippen molar-refractivity contribution < 1.29 is 9.53 Å². The summed E-state index contributed by atoms with van der Waals surface area (Å²) < 4.78 is 5.06. The number of ether oxygens (including phenoxy) is 1. The van der Waals surface area contributed by atoms with E-state index in [4.69, 9.17) is 4.74 Å². The van der Waals surface area contributed by atoms with E-state index in [1.165, 1.54) is 0 Å². The van der Waals surface area contributed by atoms with E-state index in [1.54, 1.807) is 25.4 Å². The van der Waals surface area contributed by atoms with Gasteiger partial charge in [-0.2, -0.15) is 0 Å². The van der Waals surface area contributed by atoms with Crippen molar-refractivity contribution in [1.29, 1.82) is 0 Å². The van der Waals surface area contributed by atoms with Crippen LogP contribution in [0.2, 0.25) is 0 Å². The van der Waals surface area contributed by atoms with E-state index in [0.717, 1.165) is 30.9 Å². The molecular formula is C18H23N5O2. The Morgan fingerprint density at radius 1 is 1.32 bits per heavy atom. The number of rotatable bonds is 4. The molecule has 7 nitrogen and oxygen atoms in total. The Morgan fingerprint density at radius 2 is 2.12 bits per heavy atom. The fourth-order valence-corrected chi connectivity index (χ4v) is 3.08. The van der Waals surface area contributed by atoms with Crippen LogP contribution >= 0.6 is 0 Å². The average Bonchev–Trinajstić information content (AvgIpc) is 3.10. The first kappa shape index (κ1) is 17.1. The van der Waals surface area contributed by atoms with Crippen LogP contribution in [0.5, 0.6) is 5.88 Å².